The second kappa shape index (κ2) is 3.95. The molecule has 17 heavy (non-hydrogen) atoms. The van der Waals surface area contributed by atoms with Crippen LogP contribution in [0.15, 0.2) is 23.0 Å². The van der Waals surface area contributed by atoms with Crippen LogP contribution in [0.4, 0.5) is 5.69 Å². The van der Waals surface area contributed by atoms with Crippen LogP contribution in [-0.4, -0.2) is 9.55 Å². The van der Waals surface area contributed by atoms with E-state index in [9.17, 15) is 4.79 Å². The smallest absolute Gasteiger partial charge is 0.326 e. The van der Waals surface area contributed by atoms with Crippen molar-refractivity contribution in [3.63, 3.8) is 0 Å². The van der Waals surface area contributed by atoms with E-state index in [0.717, 1.165) is 23.9 Å². The fourth-order valence-corrected chi connectivity index (χ4v) is 2.84. The number of nitrogen functional groups attached to an aromatic ring is 1. The van der Waals surface area contributed by atoms with Gasteiger partial charge in [0.2, 0.25) is 0 Å². The lowest BCUT2D eigenvalue weighted by Crippen LogP contribution is -2.23. The van der Waals surface area contributed by atoms with Crippen molar-refractivity contribution in [2.75, 3.05) is 5.73 Å². The summed E-state index contributed by atoms with van der Waals surface area (Å²) in [6, 6.07) is 5.93. The zero-order valence-corrected chi connectivity index (χ0v) is 9.78. The number of aromatic nitrogens is 2. The molecule has 1 aromatic carbocycles. The number of fused-ring (bicyclic) bond motifs is 1. The number of imidazole rings is 1. The number of benzene rings is 1. The Balaban J connectivity index is 2.16. The highest BCUT2D eigenvalue weighted by atomic mass is 16.1. The SMILES string of the molecule is Nc1ccc2[nH]c(=O)n(C3CCCCC3)c2c1. The molecule has 1 heterocycles. The van der Waals surface area contributed by atoms with Crippen LogP contribution in [0.25, 0.3) is 11.0 Å². The molecule has 0 unspecified atom stereocenters. The number of nitrogens with zero attached hydrogens (tertiary/aromatic N) is 1. The zero-order chi connectivity index (χ0) is 11.8. The summed E-state index contributed by atoms with van der Waals surface area (Å²) < 4.78 is 1.89. The third kappa shape index (κ3) is 1.73. The molecule has 4 nitrogen and oxygen atoms in total. The topological polar surface area (TPSA) is 63.8 Å². The standard InChI is InChI=1S/C13H17N3O/c14-9-6-7-11-12(8-9)16(13(17)15-11)10-4-2-1-3-5-10/h6-8,10H,1-5,14H2,(H,15,17). The number of rotatable bonds is 1. The van der Waals surface area contributed by atoms with Gasteiger partial charge in [-0.1, -0.05) is 19.3 Å². The van der Waals surface area contributed by atoms with Crippen molar-refractivity contribution in [3.8, 4) is 0 Å². The molecule has 1 aliphatic rings. The first-order valence-corrected chi connectivity index (χ1v) is 6.25. The largest absolute Gasteiger partial charge is 0.399 e. The Labute approximate surface area is 99.4 Å². The summed E-state index contributed by atoms with van der Waals surface area (Å²) in [5.41, 5.74) is 8.34. The molecule has 1 aromatic heterocycles. The molecule has 1 fully saturated rings. The van der Waals surface area contributed by atoms with Crippen LogP contribution in [-0.2, 0) is 0 Å². The molecule has 0 saturated heterocycles. The van der Waals surface area contributed by atoms with Crippen molar-refractivity contribution in [1.29, 1.82) is 0 Å². The summed E-state index contributed by atoms with van der Waals surface area (Å²) in [5.74, 6) is 0. The van der Waals surface area contributed by atoms with Gasteiger partial charge in [-0.05, 0) is 31.0 Å². The fraction of sp³-hybridized carbons (Fsp3) is 0.462. The molecule has 2 aromatic rings. The average Bonchev–Trinajstić information content (AvgIpc) is 2.65. The molecule has 1 saturated carbocycles. The number of aromatic amines is 1. The van der Waals surface area contributed by atoms with Crippen molar-refractivity contribution in [3.05, 3.63) is 28.7 Å². The number of hydrogen-bond acceptors (Lipinski definition) is 2. The summed E-state index contributed by atoms with van der Waals surface area (Å²) in [6.45, 7) is 0. The normalized spacial score (nSPS) is 17.6. The Bertz CT molecular complexity index is 590. The molecule has 0 atom stereocenters. The predicted octanol–water partition coefficient (Wildman–Crippen LogP) is 2.42. The van der Waals surface area contributed by atoms with Gasteiger partial charge >= 0.3 is 5.69 Å². The Hall–Kier alpha value is -1.71. The van der Waals surface area contributed by atoms with Crippen LogP contribution < -0.4 is 11.4 Å². The van der Waals surface area contributed by atoms with Crippen molar-refractivity contribution in [2.24, 2.45) is 0 Å². The van der Waals surface area contributed by atoms with Gasteiger partial charge in [0.25, 0.3) is 0 Å². The van der Waals surface area contributed by atoms with Gasteiger partial charge in [0, 0.05) is 11.7 Å². The third-order valence-electron chi connectivity index (χ3n) is 3.68. The first-order valence-electron chi connectivity index (χ1n) is 6.25. The van der Waals surface area contributed by atoms with Gasteiger partial charge in [0.05, 0.1) is 11.0 Å². The maximum atomic E-state index is 12.0. The van der Waals surface area contributed by atoms with Gasteiger partial charge in [0.15, 0.2) is 0 Å². The molecule has 0 aliphatic heterocycles. The van der Waals surface area contributed by atoms with E-state index in [1.54, 1.807) is 0 Å². The van der Waals surface area contributed by atoms with Crippen molar-refractivity contribution < 1.29 is 0 Å². The quantitative estimate of drug-likeness (QED) is 0.740. The average molecular weight is 231 g/mol. The van der Waals surface area contributed by atoms with Gasteiger partial charge in [-0.15, -0.1) is 0 Å². The molecule has 3 N–H and O–H groups in total. The van der Waals surface area contributed by atoms with Crippen molar-refractivity contribution in [1.82, 2.24) is 9.55 Å². The maximum absolute atomic E-state index is 12.0. The minimum atomic E-state index is -0.00231. The Morgan fingerprint density at radius 2 is 2.00 bits per heavy atom. The summed E-state index contributed by atoms with van der Waals surface area (Å²) >= 11 is 0. The molecule has 0 bridgehead atoms. The lowest BCUT2D eigenvalue weighted by atomic mass is 9.95. The van der Waals surface area contributed by atoms with E-state index in [1.165, 1.54) is 19.3 Å². The second-order valence-corrected chi connectivity index (χ2v) is 4.87. The second-order valence-electron chi connectivity index (χ2n) is 4.87. The first-order chi connectivity index (χ1) is 8.25. The summed E-state index contributed by atoms with van der Waals surface area (Å²) in [5, 5.41) is 0. The summed E-state index contributed by atoms with van der Waals surface area (Å²) in [7, 11) is 0. The Morgan fingerprint density at radius 1 is 1.24 bits per heavy atom. The number of nitrogens with one attached hydrogen (secondary N) is 1. The Kier molecular flexibility index (Phi) is 2.42. The molecule has 3 rings (SSSR count). The number of nitrogens with two attached hydrogens (primary N) is 1. The molecular formula is C13H17N3O. The van der Waals surface area contributed by atoms with E-state index in [-0.39, 0.29) is 5.69 Å². The van der Waals surface area contributed by atoms with E-state index in [1.807, 2.05) is 22.8 Å². The van der Waals surface area contributed by atoms with Gasteiger partial charge in [-0.3, -0.25) is 4.57 Å². The highest BCUT2D eigenvalue weighted by Gasteiger charge is 2.19. The van der Waals surface area contributed by atoms with Crippen LogP contribution in [0.3, 0.4) is 0 Å². The van der Waals surface area contributed by atoms with Crippen LogP contribution in [0.5, 0.6) is 0 Å². The van der Waals surface area contributed by atoms with E-state index < -0.39 is 0 Å². The highest BCUT2D eigenvalue weighted by molar-refractivity contribution is 5.79. The molecule has 0 amide bonds. The van der Waals surface area contributed by atoms with Crippen LogP contribution in [0.2, 0.25) is 0 Å². The molecule has 90 valence electrons. The summed E-state index contributed by atoms with van der Waals surface area (Å²) in [4.78, 5) is 14.9. The third-order valence-corrected chi connectivity index (χ3v) is 3.68. The molecule has 1 aliphatic carbocycles. The van der Waals surface area contributed by atoms with Crippen molar-refractivity contribution in [2.45, 2.75) is 38.1 Å². The zero-order valence-electron chi connectivity index (χ0n) is 9.78. The van der Waals surface area contributed by atoms with Gasteiger partial charge in [-0.25, -0.2) is 4.79 Å². The van der Waals surface area contributed by atoms with E-state index in [0.29, 0.717) is 11.7 Å². The number of hydrogen-bond donors (Lipinski definition) is 2. The Morgan fingerprint density at radius 3 is 2.76 bits per heavy atom. The van der Waals surface area contributed by atoms with Crippen LogP contribution in [0.1, 0.15) is 38.1 Å². The molecule has 0 spiro atoms. The number of anilines is 1. The fourth-order valence-electron chi connectivity index (χ4n) is 2.84. The van der Waals surface area contributed by atoms with Gasteiger partial charge in [-0.2, -0.15) is 0 Å². The highest BCUT2D eigenvalue weighted by Crippen LogP contribution is 2.29. The van der Waals surface area contributed by atoms with Crippen LogP contribution in [0, 0.1) is 0 Å². The van der Waals surface area contributed by atoms with Gasteiger partial charge < -0.3 is 10.7 Å². The monoisotopic (exact) mass is 231 g/mol. The van der Waals surface area contributed by atoms with Crippen molar-refractivity contribution >= 4 is 16.7 Å². The predicted molar refractivity (Wildman–Crippen MR) is 69.1 cm³/mol. The maximum Gasteiger partial charge on any atom is 0.326 e. The first kappa shape index (κ1) is 10.4. The minimum absolute atomic E-state index is 0.00231. The lowest BCUT2D eigenvalue weighted by molar-refractivity contribution is 0.354. The molecular weight excluding hydrogens is 214 g/mol. The van der Waals surface area contributed by atoms with Gasteiger partial charge in [0.1, 0.15) is 0 Å². The number of H-pyrrole nitrogens is 1. The van der Waals surface area contributed by atoms with E-state index in [2.05, 4.69) is 4.98 Å². The van der Waals surface area contributed by atoms with E-state index in [4.69, 9.17) is 5.73 Å². The molecule has 4 heteroatoms. The molecule has 0 radical (unpaired) electrons. The van der Waals surface area contributed by atoms with Crippen LogP contribution >= 0.6 is 0 Å². The minimum Gasteiger partial charge on any atom is -0.399 e. The summed E-state index contributed by atoms with van der Waals surface area (Å²) in [6.07, 6.45) is 5.91. The lowest BCUT2D eigenvalue weighted by Gasteiger charge is -2.22. The van der Waals surface area contributed by atoms with E-state index >= 15 is 0 Å².